The predicted molar refractivity (Wildman–Crippen MR) is 97.7 cm³/mol. The van der Waals surface area contributed by atoms with Gasteiger partial charge in [0, 0.05) is 23.5 Å². The smallest absolute Gasteiger partial charge is 0.339 e. The highest BCUT2D eigenvalue weighted by Gasteiger charge is 2.20. The lowest BCUT2D eigenvalue weighted by Crippen LogP contribution is -2.35. The SMILES string of the molecule is C[C@@H](OC(=O)c1cc(=O)[nH]c2ccccc12)C(=O)NCc1ccc(F)cc1. The maximum absolute atomic E-state index is 12.9. The molecular formula is C20H17FN2O4. The molecule has 0 spiro atoms. The van der Waals surface area contributed by atoms with Gasteiger partial charge in [0.2, 0.25) is 5.56 Å². The van der Waals surface area contributed by atoms with Gasteiger partial charge in [0.25, 0.3) is 5.91 Å². The first-order chi connectivity index (χ1) is 12.9. The van der Waals surface area contributed by atoms with Crippen LogP contribution in [0.1, 0.15) is 22.8 Å². The van der Waals surface area contributed by atoms with Crippen molar-refractivity contribution in [2.75, 3.05) is 0 Å². The Balaban J connectivity index is 1.67. The summed E-state index contributed by atoms with van der Waals surface area (Å²) in [4.78, 5) is 39.0. The van der Waals surface area contributed by atoms with Gasteiger partial charge in [0.05, 0.1) is 5.56 Å². The molecule has 6 nitrogen and oxygen atoms in total. The Labute approximate surface area is 154 Å². The van der Waals surface area contributed by atoms with Gasteiger partial charge >= 0.3 is 5.97 Å². The van der Waals surface area contributed by atoms with Crippen LogP contribution >= 0.6 is 0 Å². The summed E-state index contributed by atoms with van der Waals surface area (Å²) in [6, 6.07) is 13.7. The van der Waals surface area contributed by atoms with Crippen LogP contribution in [0.5, 0.6) is 0 Å². The number of fused-ring (bicyclic) bond motifs is 1. The number of carbonyl (C=O) groups excluding carboxylic acids is 2. The van der Waals surface area contributed by atoms with Crippen molar-refractivity contribution < 1.29 is 18.7 Å². The standard InChI is InChI=1S/C20H17FN2O4/c1-12(19(25)22-11-13-6-8-14(21)9-7-13)27-20(26)16-10-18(24)23-17-5-3-2-4-15(16)17/h2-10,12H,11H2,1H3,(H,22,25)(H,23,24)/t12-/m1/s1. The van der Waals surface area contributed by atoms with Gasteiger partial charge < -0.3 is 15.0 Å². The zero-order valence-electron chi connectivity index (χ0n) is 14.5. The first-order valence-electron chi connectivity index (χ1n) is 8.29. The van der Waals surface area contributed by atoms with Crippen LogP contribution in [0, 0.1) is 5.82 Å². The van der Waals surface area contributed by atoms with Gasteiger partial charge in [-0.1, -0.05) is 30.3 Å². The van der Waals surface area contributed by atoms with Crippen molar-refractivity contribution in [2.24, 2.45) is 0 Å². The molecule has 1 heterocycles. The number of carbonyl (C=O) groups is 2. The molecule has 0 aliphatic carbocycles. The molecule has 0 aliphatic rings. The number of para-hydroxylation sites is 1. The molecule has 7 heteroatoms. The summed E-state index contributed by atoms with van der Waals surface area (Å²) in [6.45, 7) is 1.61. The zero-order valence-corrected chi connectivity index (χ0v) is 14.5. The molecule has 0 bridgehead atoms. The van der Waals surface area contributed by atoms with E-state index in [1.54, 1.807) is 36.4 Å². The predicted octanol–water partition coefficient (Wildman–Crippen LogP) is 2.53. The molecule has 0 aliphatic heterocycles. The molecule has 3 aromatic rings. The number of benzene rings is 2. The van der Waals surface area contributed by atoms with Crippen LogP contribution in [-0.2, 0) is 16.1 Å². The third-order valence-corrected chi connectivity index (χ3v) is 4.00. The molecule has 138 valence electrons. The number of halogens is 1. The van der Waals surface area contributed by atoms with Crippen molar-refractivity contribution in [3.8, 4) is 0 Å². The Kier molecular flexibility index (Phi) is 5.30. The molecular weight excluding hydrogens is 351 g/mol. The van der Waals surface area contributed by atoms with Crippen molar-refractivity contribution in [3.63, 3.8) is 0 Å². The fourth-order valence-electron chi connectivity index (χ4n) is 2.59. The van der Waals surface area contributed by atoms with E-state index >= 15 is 0 Å². The maximum atomic E-state index is 12.9. The van der Waals surface area contributed by atoms with Crippen molar-refractivity contribution in [3.05, 3.63) is 81.9 Å². The average Bonchev–Trinajstić information content (AvgIpc) is 2.66. The van der Waals surface area contributed by atoms with Crippen LogP contribution < -0.4 is 10.9 Å². The van der Waals surface area contributed by atoms with Gasteiger partial charge in [-0.2, -0.15) is 0 Å². The van der Waals surface area contributed by atoms with E-state index in [0.717, 1.165) is 6.07 Å². The van der Waals surface area contributed by atoms with E-state index in [0.29, 0.717) is 16.5 Å². The van der Waals surface area contributed by atoms with Gasteiger partial charge in [0.1, 0.15) is 5.82 Å². The first kappa shape index (κ1) is 18.3. The van der Waals surface area contributed by atoms with E-state index in [-0.39, 0.29) is 17.9 Å². The number of aromatic nitrogens is 1. The number of esters is 1. The fraction of sp³-hybridized carbons (Fsp3) is 0.150. The summed E-state index contributed by atoms with van der Waals surface area (Å²) in [5.41, 5.74) is 0.871. The Morgan fingerprint density at radius 1 is 1.15 bits per heavy atom. The highest BCUT2D eigenvalue weighted by molar-refractivity contribution is 6.03. The second kappa shape index (κ2) is 7.82. The number of hydrogen-bond donors (Lipinski definition) is 2. The van der Waals surface area contributed by atoms with Crippen LogP contribution in [0.2, 0.25) is 0 Å². The van der Waals surface area contributed by atoms with E-state index in [1.165, 1.54) is 19.1 Å². The highest BCUT2D eigenvalue weighted by atomic mass is 19.1. The summed E-state index contributed by atoms with van der Waals surface area (Å²) in [5.74, 6) is -1.62. The van der Waals surface area contributed by atoms with E-state index in [9.17, 15) is 18.8 Å². The number of aromatic amines is 1. The third kappa shape index (κ3) is 4.38. The summed E-state index contributed by atoms with van der Waals surface area (Å²) in [6.07, 6.45) is -1.06. The Hall–Kier alpha value is -3.48. The number of H-pyrrole nitrogens is 1. The van der Waals surface area contributed by atoms with Gasteiger partial charge in [0.15, 0.2) is 6.10 Å². The summed E-state index contributed by atoms with van der Waals surface area (Å²) >= 11 is 0. The number of hydrogen-bond acceptors (Lipinski definition) is 4. The van der Waals surface area contributed by atoms with Crippen molar-refractivity contribution in [1.29, 1.82) is 0 Å². The van der Waals surface area contributed by atoms with E-state index in [2.05, 4.69) is 10.3 Å². The molecule has 0 radical (unpaired) electrons. The topological polar surface area (TPSA) is 88.3 Å². The lowest BCUT2D eigenvalue weighted by molar-refractivity contribution is -0.129. The van der Waals surface area contributed by atoms with Gasteiger partial charge in [-0.15, -0.1) is 0 Å². The van der Waals surface area contributed by atoms with E-state index < -0.39 is 23.5 Å². The average molecular weight is 368 g/mol. The van der Waals surface area contributed by atoms with Crippen LogP contribution in [0.25, 0.3) is 10.9 Å². The molecule has 0 fully saturated rings. The van der Waals surface area contributed by atoms with Crippen LogP contribution in [0.15, 0.2) is 59.4 Å². The summed E-state index contributed by atoms with van der Waals surface area (Å²) in [5, 5.41) is 3.15. The molecule has 3 rings (SSSR count). The van der Waals surface area contributed by atoms with Crippen molar-refractivity contribution >= 4 is 22.8 Å². The van der Waals surface area contributed by atoms with Crippen LogP contribution in [0.3, 0.4) is 0 Å². The monoisotopic (exact) mass is 368 g/mol. The molecule has 1 amide bonds. The maximum Gasteiger partial charge on any atom is 0.339 e. The normalized spacial score (nSPS) is 11.8. The Morgan fingerprint density at radius 3 is 2.59 bits per heavy atom. The molecule has 1 aromatic heterocycles. The minimum atomic E-state index is -1.06. The molecule has 27 heavy (non-hydrogen) atoms. The van der Waals surface area contributed by atoms with E-state index in [4.69, 9.17) is 4.74 Å². The fourth-order valence-corrected chi connectivity index (χ4v) is 2.59. The first-order valence-corrected chi connectivity index (χ1v) is 8.29. The second-order valence-electron chi connectivity index (χ2n) is 5.98. The number of amides is 1. The number of ether oxygens (including phenoxy) is 1. The molecule has 0 saturated heterocycles. The molecule has 2 aromatic carbocycles. The second-order valence-corrected chi connectivity index (χ2v) is 5.98. The lowest BCUT2D eigenvalue weighted by Gasteiger charge is -2.14. The number of pyridine rings is 1. The number of nitrogens with one attached hydrogen (secondary N) is 2. The van der Waals surface area contributed by atoms with Gasteiger partial charge in [-0.3, -0.25) is 9.59 Å². The van der Waals surface area contributed by atoms with Gasteiger partial charge in [-0.25, -0.2) is 9.18 Å². The molecule has 0 unspecified atom stereocenters. The van der Waals surface area contributed by atoms with E-state index in [1.807, 2.05) is 0 Å². The van der Waals surface area contributed by atoms with Crippen molar-refractivity contribution in [2.45, 2.75) is 19.6 Å². The van der Waals surface area contributed by atoms with Gasteiger partial charge in [-0.05, 0) is 30.7 Å². The quantitative estimate of drug-likeness (QED) is 0.678. The highest BCUT2D eigenvalue weighted by Crippen LogP contribution is 2.16. The van der Waals surface area contributed by atoms with Crippen LogP contribution in [0.4, 0.5) is 4.39 Å². The summed E-state index contributed by atoms with van der Waals surface area (Å²) < 4.78 is 18.1. The lowest BCUT2D eigenvalue weighted by atomic mass is 10.1. The van der Waals surface area contributed by atoms with Crippen molar-refractivity contribution in [1.82, 2.24) is 10.3 Å². The Morgan fingerprint density at radius 2 is 1.85 bits per heavy atom. The minimum absolute atomic E-state index is 0.0903. The largest absolute Gasteiger partial charge is 0.449 e. The summed E-state index contributed by atoms with van der Waals surface area (Å²) in [7, 11) is 0. The Bertz CT molecular complexity index is 1040. The zero-order chi connectivity index (χ0) is 19.4. The van der Waals surface area contributed by atoms with Crippen LogP contribution in [-0.4, -0.2) is 23.0 Å². The molecule has 2 N–H and O–H groups in total. The molecule has 0 saturated carbocycles. The minimum Gasteiger partial charge on any atom is -0.449 e. The number of rotatable bonds is 5. The third-order valence-electron chi connectivity index (χ3n) is 4.00. The molecule has 1 atom stereocenters.